The molecule has 1 aromatic carbocycles. The first kappa shape index (κ1) is 15.0. The lowest BCUT2D eigenvalue weighted by Crippen LogP contribution is -2.47. The molecule has 0 unspecified atom stereocenters. The number of hydrogen-bond acceptors (Lipinski definition) is 4. The van der Waals surface area contributed by atoms with Gasteiger partial charge in [0.15, 0.2) is 0 Å². The first-order valence-electron chi connectivity index (χ1n) is 6.93. The van der Waals surface area contributed by atoms with Gasteiger partial charge >= 0.3 is 5.97 Å². The van der Waals surface area contributed by atoms with E-state index in [0.29, 0.717) is 6.42 Å². The molecule has 20 heavy (non-hydrogen) atoms. The van der Waals surface area contributed by atoms with Crippen molar-refractivity contribution in [3.05, 3.63) is 35.4 Å². The zero-order chi connectivity index (χ0) is 14.9. The van der Waals surface area contributed by atoms with E-state index >= 15 is 0 Å². The molecule has 1 heterocycles. The van der Waals surface area contributed by atoms with Crippen LogP contribution in [0.1, 0.15) is 30.5 Å². The number of esters is 1. The number of aliphatic hydroxyl groups is 1. The minimum Gasteiger partial charge on any atom is -0.468 e. The monoisotopic (exact) mass is 277 g/mol. The van der Waals surface area contributed by atoms with E-state index in [4.69, 9.17) is 4.74 Å². The van der Waals surface area contributed by atoms with Crippen LogP contribution in [0.25, 0.3) is 0 Å². The van der Waals surface area contributed by atoms with Gasteiger partial charge in [0.1, 0.15) is 5.54 Å². The van der Waals surface area contributed by atoms with Crippen molar-refractivity contribution in [2.75, 3.05) is 20.8 Å². The normalized spacial score (nSPS) is 30.4. The largest absolute Gasteiger partial charge is 0.468 e. The molecule has 1 fully saturated rings. The van der Waals surface area contributed by atoms with Gasteiger partial charge in [-0.25, -0.2) is 0 Å². The topological polar surface area (TPSA) is 49.8 Å². The number of aryl methyl sites for hydroxylation is 1. The van der Waals surface area contributed by atoms with Gasteiger partial charge < -0.3 is 9.84 Å². The van der Waals surface area contributed by atoms with Crippen LogP contribution in [0.3, 0.4) is 0 Å². The second-order valence-electron chi connectivity index (χ2n) is 5.88. The minimum atomic E-state index is -0.683. The summed E-state index contributed by atoms with van der Waals surface area (Å²) in [5, 5.41) is 9.68. The van der Waals surface area contributed by atoms with Crippen LogP contribution in [0.15, 0.2) is 24.3 Å². The number of benzene rings is 1. The van der Waals surface area contributed by atoms with Gasteiger partial charge in [0.2, 0.25) is 0 Å². The van der Waals surface area contributed by atoms with Crippen molar-refractivity contribution in [2.45, 2.75) is 31.8 Å². The smallest absolute Gasteiger partial charge is 0.326 e. The fraction of sp³-hybridized carbons (Fsp3) is 0.562. The fourth-order valence-corrected chi connectivity index (χ4v) is 3.26. The highest BCUT2D eigenvalue weighted by molar-refractivity contribution is 5.80. The van der Waals surface area contributed by atoms with Crippen molar-refractivity contribution in [3.63, 3.8) is 0 Å². The van der Waals surface area contributed by atoms with Crippen molar-refractivity contribution < 1.29 is 14.6 Å². The van der Waals surface area contributed by atoms with Crippen LogP contribution in [0.2, 0.25) is 0 Å². The molecule has 1 aromatic rings. The summed E-state index contributed by atoms with van der Waals surface area (Å²) in [6, 6.07) is 8.30. The highest BCUT2D eigenvalue weighted by Gasteiger charge is 2.52. The molecular formula is C16H23NO3. The third-order valence-corrected chi connectivity index (χ3v) is 4.58. The lowest BCUT2D eigenvalue weighted by Gasteiger charge is -2.33. The number of ether oxygens (including phenoxy) is 1. The summed E-state index contributed by atoms with van der Waals surface area (Å²) in [5.74, 6) is -0.208. The molecule has 0 saturated carbocycles. The fourth-order valence-electron chi connectivity index (χ4n) is 3.26. The van der Waals surface area contributed by atoms with Gasteiger partial charge in [-0.15, -0.1) is 0 Å². The van der Waals surface area contributed by atoms with E-state index in [0.717, 1.165) is 5.56 Å². The number of methoxy groups -OCH3 is 1. The Morgan fingerprint density at radius 3 is 2.55 bits per heavy atom. The van der Waals surface area contributed by atoms with E-state index in [9.17, 15) is 9.90 Å². The Balaban J connectivity index is 2.37. The summed E-state index contributed by atoms with van der Waals surface area (Å²) in [4.78, 5) is 14.1. The van der Waals surface area contributed by atoms with Gasteiger partial charge in [-0.1, -0.05) is 29.8 Å². The number of likely N-dealkylation sites (tertiary alicyclic amines) is 1. The lowest BCUT2D eigenvalue weighted by atomic mass is 9.90. The maximum Gasteiger partial charge on any atom is 0.326 e. The van der Waals surface area contributed by atoms with E-state index in [1.54, 1.807) is 0 Å². The average molecular weight is 277 g/mol. The number of carbonyl (C=O) groups is 1. The quantitative estimate of drug-likeness (QED) is 0.858. The number of nitrogens with zero attached hydrogens (tertiary/aromatic N) is 1. The predicted octanol–water partition coefficient (Wildman–Crippen LogP) is 1.91. The van der Waals surface area contributed by atoms with Crippen molar-refractivity contribution in [1.29, 1.82) is 0 Å². The van der Waals surface area contributed by atoms with Gasteiger partial charge in [0.25, 0.3) is 0 Å². The van der Waals surface area contributed by atoms with E-state index < -0.39 is 5.54 Å². The van der Waals surface area contributed by atoms with E-state index in [1.165, 1.54) is 12.7 Å². The minimum absolute atomic E-state index is 0.0321. The van der Waals surface area contributed by atoms with Crippen molar-refractivity contribution in [3.8, 4) is 0 Å². The molecule has 2 rings (SSSR count). The third-order valence-electron chi connectivity index (χ3n) is 4.58. The molecule has 4 heteroatoms. The summed E-state index contributed by atoms with van der Waals surface area (Å²) in [5.41, 5.74) is 1.65. The molecule has 0 amide bonds. The van der Waals surface area contributed by atoms with E-state index in [1.807, 2.05) is 25.8 Å². The Morgan fingerprint density at radius 1 is 1.45 bits per heavy atom. The molecule has 1 N–H and O–H groups in total. The van der Waals surface area contributed by atoms with Crippen molar-refractivity contribution in [1.82, 2.24) is 4.90 Å². The van der Waals surface area contributed by atoms with Crippen LogP contribution < -0.4 is 0 Å². The Labute approximate surface area is 120 Å². The van der Waals surface area contributed by atoms with Crippen LogP contribution in [-0.4, -0.2) is 42.3 Å². The molecule has 1 saturated heterocycles. The molecule has 0 spiro atoms. The standard InChI is InChI=1S/C16H23NO3/c1-11-5-7-12(8-6-11)14-13(10-18)9-16(2,17(14)3)15(19)20-4/h5-8,13-14,18H,9-10H2,1-4H3/t13-,14+,16+/m0/s1. The zero-order valence-corrected chi connectivity index (χ0v) is 12.6. The van der Waals surface area contributed by atoms with Gasteiger partial charge in [-0.05, 0) is 32.9 Å². The summed E-state index contributed by atoms with van der Waals surface area (Å²) < 4.78 is 4.94. The zero-order valence-electron chi connectivity index (χ0n) is 12.6. The molecule has 4 nitrogen and oxygen atoms in total. The summed E-state index contributed by atoms with van der Waals surface area (Å²) >= 11 is 0. The van der Waals surface area contributed by atoms with Crippen molar-refractivity contribution >= 4 is 5.97 Å². The summed E-state index contributed by atoms with van der Waals surface area (Å²) in [7, 11) is 3.34. The van der Waals surface area contributed by atoms with E-state index in [-0.39, 0.29) is 24.5 Å². The first-order valence-corrected chi connectivity index (χ1v) is 6.93. The van der Waals surface area contributed by atoms with Gasteiger partial charge in [0.05, 0.1) is 7.11 Å². The van der Waals surface area contributed by atoms with E-state index in [2.05, 4.69) is 24.3 Å². The van der Waals surface area contributed by atoms with Crippen molar-refractivity contribution in [2.24, 2.45) is 5.92 Å². The molecule has 110 valence electrons. The van der Waals surface area contributed by atoms with Gasteiger partial charge in [-0.2, -0.15) is 0 Å². The highest BCUT2D eigenvalue weighted by atomic mass is 16.5. The first-order chi connectivity index (χ1) is 9.43. The maximum atomic E-state index is 12.1. The maximum absolute atomic E-state index is 12.1. The molecule has 1 aliphatic rings. The Bertz CT molecular complexity index is 485. The summed E-state index contributed by atoms with van der Waals surface area (Å²) in [6.07, 6.45) is 0.602. The highest BCUT2D eigenvalue weighted by Crippen LogP contribution is 2.45. The van der Waals surface area contributed by atoms with Crippen LogP contribution in [0.5, 0.6) is 0 Å². The number of aliphatic hydroxyl groups excluding tert-OH is 1. The third kappa shape index (κ3) is 2.34. The second kappa shape index (κ2) is 5.54. The molecule has 0 aliphatic carbocycles. The number of carbonyl (C=O) groups excluding carboxylic acids is 1. The molecule has 0 bridgehead atoms. The number of rotatable bonds is 3. The number of likely N-dealkylation sites (N-methyl/N-ethyl adjacent to an activating group) is 1. The van der Waals surface area contributed by atoms with Crippen LogP contribution in [-0.2, 0) is 9.53 Å². The van der Waals surface area contributed by atoms with Crippen LogP contribution in [0, 0.1) is 12.8 Å². The molecule has 0 aromatic heterocycles. The Hall–Kier alpha value is -1.39. The Kier molecular flexibility index (Phi) is 4.16. The molecule has 3 atom stereocenters. The average Bonchev–Trinajstić information content (AvgIpc) is 2.72. The van der Waals surface area contributed by atoms with Crippen LogP contribution in [0.4, 0.5) is 0 Å². The predicted molar refractivity (Wildman–Crippen MR) is 77.3 cm³/mol. The molecule has 1 aliphatic heterocycles. The van der Waals surface area contributed by atoms with Gasteiger partial charge in [-0.3, -0.25) is 9.69 Å². The lowest BCUT2D eigenvalue weighted by molar-refractivity contribution is -0.152. The SMILES string of the molecule is COC(=O)[C@@]1(C)C[C@@H](CO)[C@@H](c2ccc(C)cc2)N1C. The van der Waals surface area contributed by atoms with Crippen LogP contribution >= 0.6 is 0 Å². The second-order valence-corrected chi connectivity index (χ2v) is 5.88. The number of hydrogen-bond donors (Lipinski definition) is 1. The van der Waals surface area contributed by atoms with Gasteiger partial charge in [0, 0.05) is 18.6 Å². The molecule has 0 radical (unpaired) electrons. The summed E-state index contributed by atoms with van der Waals surface area (Å²) in [6.45, 7) is 4.00. The Morgan fingerprint density at radius 2 is 2.05 bits per heavy atom. The molecular weight excluding hydrogens is 254 g/mol.